The molecule has 0 aromatic carbocycles. The number of aromatic nitrogens is 3. The highest BCUT2D eigenvalue weighted by atomic mass is 35.5. The zero-order valence-electron chi connectivity index (χ0n) is 17.7. The standard InChI is InChI=1S/C23H23ClN4O3S/c1-23(2,25)14-27-10-3-4-18(22(27)30)19-12-16(5-6-17-7-8-20(24)32-17)28(26-19)21(29)15-9-11-31-13-15/h3-4,7-13H,5-6,14,25H2,1-2H3. The summed E-state index contributed by atoms with van der Waals surface area (Å²) in [5, 5.41) is 4.51. The molecule has 4 rings (SSSR count). The van der Waals surface area contributed by atoms with Crippen LogP contribution in [0.2, 0.25) is 4.34 Å². The second kappa shape index (κ2) is 8.90. The molecule has 0 unspecified atom stereocenters. The van der Waals surface area contributed by atoms with Crippen LogP contribution in [0.15, 0.2) is 64.3 Å². The van der Waals surface area contributed by atoms with Crippen LogP contribution in [0.5, 0.6) is 0 Å². The van der Waals surface area contributed by atoms with E-state index in [0.29, 0.717) is 41.9 Å². The Hall–Kier alpha value is -2.94. The molecule has 0 aliphatic heterocycles. The lowest BCUT2D eigenvalue weighted by atomic mass is 10.1. The molecule has 0 spiro atoms. The lowest BCUT2D eigenvalue weighted by molar-refractivity contribution is 0.0941. The summed E-state index contributed by atoms with van der Waals surface area (Å²) in [4.78, 5) is 27.2. The van der Waals surface area contributed by atoms with Crippen LogP contribution in [0.4, 0.5) is 0 Å². The van der Waals surface area contributed by atoms with E-state index in [1.807, 2.05) is 26.0 Å². The molecular formula is C23H23ClN4O3S. The number of carbonyl (C=O) groups excluding carboxylic acids is 1. The van der Waals surface area contributed by atoms with Gasteiger partial charge in [-0.1, -0.05) is 11.6 Å². The highest BCUT2D eigenvalue weighted by Gasteiger charge is 2.21. The molecule has 0 aliphatic rings. The van der Waals surface area contributed by atoms with Crippen LogP contribution in [-0.4, -0.2) is 25.8 Å². The van der Waals surface area contributed by atoms with Crippen molar-refractivity contribution in [3.8, 4) is 11.3 Å². The van der Waals surface area contributed by atoms with Crippen molar-refractivity contribution in [1.82, 2.24) is 14.3 Å². The summed E-state index contributed by atoms with van der Waals surface area (Å²) < 4.78 is 8.70. The number of aryl methyl sites for hydroxylation is 2. The molecule has 166 valence electrons. The lowest BCUT2D eigenvalue weighted by Crippen LogP contribution is -2.40. The zero-order chi connectivity index (χ0) is 22.9. The molecular weight excluding hydrogens is 448 g/mol. The quantitative estimate of drug-likeness (QED) is 0.436. The number of hydrogen-bond donors (Lipinski definition) is 1. The van der Waals surface area contributed by atoms with Gasteiger partial charge in [0.05, 0.1) is 27.4 Å². The first-order valence-corrected chi connectivity index (χ1v) is 11.3. The van der Waals surface area contributed by atoms with Gasteiger partial charge in [0.15, 0.2) is 0 Å². The maximum absolute atomic E-state index is 13.1. The number of nitrogens with zero attached hydrogens (tertiary/aromatic N) is 3. The minimum Gasteiger partial charge on any atom is -0.472 e. The lowest BCUT2D eigenvalue weighted by Gasteiger charge is -2.20. The van der Waals surface area contributed by atoms with Gasteiger partial charge in [0, 0.05) is 28.9 Å². The van der Waals surface area contributed by atoms with E-state index in [4.69, 9.17) is 21.8 Å². The van der Waals surface area contributed by atoms with Gasteiger partial charge in [0.25, 0.3) is 11.5 Å². The van der Waals surface area contributed by atoms with E-state index < -0.39 is 5.54 Å². The van der Waals surface area contributed by atoms with Gasteiger partial charge in [0.1, 0.15) is 6.26 Å². The molecule has 9 heteroatoms. The van der Waals surface area contributed by atoms with E-state index in [-0.39, 0.29) is 11.5 Å². The van der Waals surface area contributed by atoms with Gasteiger partial charge in [-0.2, -0.15) is 5.10 Å². The van der Waals surface area contributed by atoms with E-state index >= 15 is 0 Å². The average molecular weight is 471 g/mol. The van der Waals surface area contributed by atoms with Crippen molar-refractivity contribution in [2.75, 3.05) is 0 Å². The van der Waals surface area contributed by atoms with Crippen LogP contribution in [0, 0.1) is 0 Å². The number of rotatable bonds is 7. The second-order valence-corrected chi connectivity index (χ2v) is 10.1. The fourth-order valence-electron chi connectivity index (χ4n) is 3.45. The Bertz CT molecular complexity index is 1300. The number of pyridine rings is 1. The number of halogens is 1. The first-order chi connectivity index (χ1) is 15.2. The summed E-state index contributed by atoms with van der Waals surface area (Å²) >= 11 is 7.55. The molecule has 0 radical (unpaired) electrons. The number of carbonyl (C=O) groups is 1. The predicted octanol–water partition coefficient (Wildman–Crippen LogP) is 4.23. The monoisotopic (exact) mass is 470 g/mol. The summed E-state index contributed by atoms with van der Waals surface area (Å²) in [5.74, 6) is -0.316. The Kier molecular flexibility index (Phi) is 6.19. The van der Waals surface area contributed by atoms with E-state index in [1.165, 1.54) is 28.5 Å². The molecule has 0 saturated heterocycles. The van der Waals surface area contributed by atoms with Gasteiger partial charge in [-0.15, -0.1) is 11.3 Å². The van der Waals surface area contributed by atoms with Gasteiger partial charge in [-0.05, 0) is 63.1 Å². The predicted molar refractivity (Wildman–Crippen MR) is 125 cm³/mol. The minimum atomic E-state index is -0.549. The maximum atomic E-state index is 13.1. The molecule has 32 heavy (non-hydrogen) atoms. The Morgan fingerprint density at radius 3 is 2.72 bits per heavy atom. The van der Waals surface area contributed by atoms with Crippen molar-refractivity contribution in [1.29, 1.82) is 0 Å². The topological polar surface area (TPSA) is 96.1 Å². The van der Waals surface area contributed by atoms with Crippen molar-refractivity contribution in [3.05, 3.63) is 85.9 Å². The summed E-state index contributed by atoms with van der Waals surface area (Å²) in [6, 6.07) is 10.7. The number of furan rings is 1. The van der Waals surface area contributed by atoms with E-state index in [9.17, 15) is 9.59 Å². The Morgan fingerprint density at radius 2 is 2.06 bits per heavy atom. The summed E-state index contributed by atoms with van der Waals surface area (Å²) in [6.07, 6.45) is 5.78. The fraction of sp³-hybridized carbons (Fsp3) is 0.261. The van der Waals surface area contributed by atoms with Crippen molar-refractivity contribution >= 4 is 28.8 Å². The number of hydrogen-bond acceptors (Lipinski definition) is 6. The van der Waals surface area contributed by atoms with E-state index in [0.717, 1.165) is 9.21 Å². The van der Waals surface area contributed by atoms with E-state index in [1.54, 1.807) is 35.0 Å². The maximum Gasteiger partial charge on any atom is 0.281 e. The largest absolute Gasteiger partial charge is 0.472 e. The van der Waals surface area contributed by atoms with Crippen molar-refractivity contribution < 1.29 is 9.21 Å². The molecule has 0 amide bonds. The van der Waals surface area contributed by atoms with Crippen LogP contribution < -0.4 is 11.3 Å². The van der Waals surface area contributed by atoms with Crippen LogP contribution >= 0.6 is 22.9 Å². The molecule has 0 aliphatic carbocycles. The molecule has 0 bridgehead atoms. The molecule has 4 heterocycles. The fourth-order valence-corrected chi connectivity index (χ4v) is 4.53. The molecule has 0 atom stereocenters. The summed E-state index contributed by atoms with van der Waals surface area (Å²) in [7, 11) is 0. The third-order valence-corrected chi connectivity index (χ3v) is 6.16. The molecule has 0 fully saturated rings. The Balaban J connectivity index is 1.73. The normalized spacial score (nSPS) is 11.8. The van der Waals surface area contributed by atoms with Crippen LogP contribution in [0.25, 0.3) is 11.3 Å². The van der Waals surface area contributed by atoms with Crippen molar-refractivity contribution in [2.24, 2.45) is 5.73 Å². The second-order valence-electron chi connectivity index (χ2n) is 8.30. The highest BCUT2D eigenvalue weighted by Crippen LogP contribution is 2.24. The SMILES string of the molecule is CC(C)(N)Cn1cccc(-c2cc(CCc3ccc(Cl)s3)n(C(=O)c3ccoc3)n2)c1=O. The third-order valence-electron chi connectivity index (χ3n) is 4.87. The van der Waals surface area contributed by atoms with Gasteiger partial charge in [-0.25, -0.2) is 4.68 Å². The van der Waals surface area contributed by atoms with E-state index in [2.05, 4.69) is 5.10 Å². The summed E-state index contributed by atoms with van der Waals surface area (Å²) in [5.41, 5.74) is 7.28. The average Bonchev–Trinajstić information content (AvgIpc) is 3.47. The van der Waals surface area contributed by atoms with Crippen molar-refractivity contribution in [2.45, 2.75) is 38.8 Å². The smallest absolute Gasteiger partial charge is 0.281 e. The number of nitrogens with two attached hydrogens (primary N) is 1. The Morgan fingerprint density at radius 1 is 1.25 bits per heavy atom. The zero-order valence-corrected chi connectivity index (χ0v) is 19.3. The molecule has 4 aromatic heterocycles. The van der Waals surface area contributed by atoms with Gasteiger partial charge < -0.3 is 14.7 Å². The molecule has 0 saturated carbocycles. The Labute approximate surface area is 194 Å². The van der Waals surface area contributed by atoms with Gasteiger partial charge >= 0.3 is 0 Å². The first-order valence-electron chi connectivity index (χ1n) is 10.1. The van der Waals surface area contributed by atoms with Gasteiger partial charge in [0.2, 0.25) is 0 Å². The molecule has 4 aromatic rings. The molecule has 7 nitrogen and oxygen atoms in total. The van der Waals surface area contributed by atoms with Crippen LogP contribution in [-0.2, 0) is 19.4 Å². The highest BCUT2D eigenvalue weighted by molar-refractivity contribution is 7.16. The van der Waals surface area contributed by atoms with Crippen molar-refractivity contribution in [3.63, 3.8) is 0 Å². The van der Waals surface area contributed by atoms with Gasteiger partial charge in [-0.3, -0.25) is 9.59 Å². The van der Waals surface area contributed by atoms with Crippen LogP contribution in [0.3, 0.4) is 0 Å². The summed E-state index contributed by atoms with van der Waals surface area (Å²) in [6.45, 7) is 4.08. The van der Waals surface area contributed by atoms with Crippen LogP contribution in [0.1, 0.15) is 34.8 Å². The molecule has 2 N–H and O–H groups in total. The number of thiophene rings is 1. The first kappa shape index (κ1) is 22.3. The minimum absolute atomic E-state index is 0.206. The third kappa shape index (κ3) is 4.93.